The molecule has 2 saturated heterocycles. The Kier molecular flexibility index (Phi) is 4.42. The molecule has 0 aliphatic carbocycles. The third kappa shape index (κ3) is 2.74. The van der Waals surface area contributed by atoms with Crippen molar-refractivity contribution in [2.75, 3.05) is 12.8 Å². The molecule has 0 aromatic heterocycles. The second-order valence-electron chi connectivity index (χ2n) is 6.41. The van der Waals surface area contributed by atoms with E-state index >= 15 is 0 Å². The molecule has 10 nitrogen and oxygen atoms in total. The maximum absolute atomic E-state index is 12.5. The van der Waals surface area contributed by atoms with Crippen molar-refractivity contribution in [3.63, 3.8) is 0 Å². The fourth-order valence-electron chi connectivity index (χ4n) is 3.44. The highest BCUT2D eigenvalue weighted by Crippen LogP contribution is 2.37. The first-order valence-electron chi connectivity index (χ1n) is 7.98. The van der Waals surface area contributed by atoms with Gasteiger partial charge in [-0.3, -0.25) is 19.3 Å². The zero-order chi connectivity index (χ0) is 20.0. The molecule has 3 N–H and O–H groups in total. The molecule has 0 bridgehead atoms. The molecule has 2 fully saturated rings. The van der Waals surface area contributed by atoms with Crippen LogP contribution in [0.15, 0.2) is 30.3 Å². The summed E-state index contributed by atoms with van der Waals surface area (Å²) in [5, 5.41) is 14.2. The maximum Gasteiger partial charge on any atom is 0.355 e. The summed E-state index contributed by atoms with van der Waals surface area (Å²) in [7, 11) is -4.52. The zero-order valence-corrected chi connectivity index (χ0v) is 15.0. The van der Waals surface area contributed by atoms with E-state index in [1.54, 1.807) is 30.3 Å². The van der Waals surface area contributed by atoms with Crippen LogP contribution < -0.4 is 10.6 Å². The SMILES string of the molecule is CS(=O)(=O)[C@@]1(C(=O)O)C(=O)NC[C@H]2[C@@H](NC(=O)Cc3ccccc3)C(=O)N21. The molecule has 144 valence electrons. The van der Waals surface area contributed by atoms with Gasteiger partial charge < -0.3 is 15.7 Å². The van der Waals surface area contributed by atoms with Crippen LogP contribution in [-0.4, -0.2) is 71.9 Å². The van der Waals surface area contributed by atoms with Gasteiger partial charge in [-0.2, -0.15) is 0 Å². The van der Waals surface area contributed by atoms with Gasteiger partial charge in [-0.05, 0) is 5.56 Å². The van der Waals surface area contributed by atoms with Crippen LogP contribution in [0.25, 0.3) is 0 Å². The van der Waals surface area contributed by atoms with Crippen LogP contribution in [0.2, 0.25) is 0 Å². The molecule has 1 aromatic carbocycles. The molecule has 3 atom stereocenters. The lowest BCUT2D eigenvalue weighted by Crippen LogP contribution is -2.87. The van der Waals surface area contributed by atoms with Crippen molar-refractivity contribution in [3.8, 4) is 0 Å². The first-order valence-corrected chi connectivity index (χ1v) is 9.87. The smallest absolute Gasteiger partial charge is 0.355 e. The predicted molar refractivity (Wildman–Crippen MR) is 90.9 cm³/mol. The highest BCUT2D eigenvalue weighted by atomic mass is 32.2. The number of hydrogen-bond donors (Lipinski definition) is 3. The predicted octanol–water partition coefficient (Wildman–Crippen LogP) is -2.12. The second-order valence-corrected chi connectivity index (χ2v) is 8.55. The summed E-state index contributed by atoms with van der Waals surface area (Å²) in [5.41, 5.74) is 0.714. The largest absolute Gasteiger partial charge is 0.478 e. The molecule has 0 radical (unpaired) electrons. The lowest BCUT2D eigenvalue weighted by atomic mass is 9.88. The van der Waals surface area contributed by atoms with Gasteiger partial charge >= 0.3 is 10.8 Å². The Bertz CT molecular complexity index is 931. The van der Waals surface area contributed by atoms with Gasteiger partial charge in [-0.1, -0.05) is 30.3 Å². The Labute approximate surface area is 154 Å². The fourth-order valence-corrected chi connectivity index (χ4v) is 4.75. The molecule has 2 aliphatic heterocycles. The summed E-state index contributed by atoms with van der Waals surface area (Å²) < 4.78 is 24.3. The molecular formula is C16H17N3O7S. The van der Waals surface area contributed by atoms with Crippen LogP contribution in [0.4, 0.5) is 0 Å². The number of sulfone groups is 1. The number of β-lactam (4-membered cyclic amide) rings is 1. The van der Waals surface area contributed by atoms with Gasteiger partial charge in [-0.25, -0.2) is 13.2 Å². The number of benzene rings is 1. The molecule has 2 aliphatic rings. The minimum atomic E-state index is -4.52. The maximum atomic E-state index is 12.5. The summed E-state index contributed by atoms with van der Waals surface area (Å²) in [4.78, 5) is 46.1. The summed E-state index contributed by atoms with van der Waals surface area (Å²) in [6.07, 6.45) is 0.581. The Hall–Kier alpha value is -2.95. The van der Waals surface area contributed by atoms with E-state index in [9.17, 15) is 32.7 Å². The molecule has 0 saturated carbocycles. The number of carboxylic acid groups (broad SMARTS) is 1. The molecule has 3 amide bonds. The number of carboxylic acids is 1. The number of hydrogen-bond acceptors (Lipinski definition) is 6. The van der Waals surface area contributed by atoms with Gasteiger partial charge in [0.2, 0.25) is 11.8 Å². The molecular weight excluding hydrogens is 378 g/mol. The molecule has 27 heavy (non-hydrogen) atoms. The number of aliphatic carboxylic acids is 1. The zero-order valence-electron chi connectivity index (χ0n) is 14.2. The summed E-state index contributed by atoms with van der Waals surface area (Å²) in [6.45, 7) is -0.161. The number of carbonyl (C=O) groups is 4. The minimum Gasteiger partial charge on any atom is -0.478 e. The van der Waals surface area contributed by atoms with Gasteiger partial charge in [0, 0.05) is 12.8 Å². The van der Waals surface area contributed by atoms with Crippen LogP contribution >= 0.6 is 0 Å². The van der Waals surface area contributed by atoms with Crippen molar-refractivity contribution in [2.24, 2.45) is 0 Å². The Morgan fingerprint density at radius 3 is 2.48 bits per heavy atom. The first kappa shape index (κ1) is 18.8. The highest BCUT2D eigenvalue weighted by molar-refractivity contribution is 7.93. The summed E-state index contributed by atoms with van der Waals surface area (Å²) in [6, 6.07) is 6.67. The molecule has 0 spiro atoms. The van der Waals surface area contributed by atoms with Gasteiger partial charge in [0.1, 0.15) is 6.04 Å². The fraction of sp³-hybridized carbons (Fsp3) is 0.375. The van der Waals surface area contributed by atoms with Crippen LogP contribution in [0.3, 0.4) is 0 Å². The lowest BCUT2D eigenvalue weighted by Gasteiger charge is -2.55. The Morgan fingerprint density at radius 1 is 1.30 bits per heavy atom. The molecule has 3 rings (SSSR count). The number of piperazine rings is 1. The van der Waals surface area contributed by atoms with Crippen LogP contribution in [-0.2, 0) is 35.4 Å². The third-order valence-electron chi connectivity index (χ3n) is 4.69. The van der Waals surface area contributed by atoms with Crippen molar-refractivity contribution >= 4 is 33.5 Å². The Morgan fingerprint density at radius 2 is 1.93 bits per heavy atom. The number of amides is 3. The first-order chi connectivity index (χ1) is 12.6. The number of nitrogens with zero attached hydrogens (tertiary/aromatic N) is 1. The molecule has 1 aromatic rings. The van der Waals surface area contributed by atoms with Crippen molar-refractivity contribution in [1.82, 2.24) is 15.5 Å². The van der Waals surface area contributed by atoms with Crippen molar-refractivity contribution in [1.29, 1.82) is 0 Å². The minimum absolute atomic E-state index is 0.000150. The standard InChI is InChI=1S/C16H17N3O7S/c1-27(25,26)16(15(23)24)14(22)17-8-10-12(13(21)19(10)16)18-11(20)7-9-5-3-2-4-6-9/h2-6,10,12H,7-8H2,1H3,(H,17,22)(H,18,20)(H,23,24)/t10-,12+,16+/m0/s1. The number of carbonyl (C=O) groups excluding carboxylic acids is 3. The van der Waals surface area contributed by atoms with Crippen LogP contribution in [0.1, 0.15) is 5.56 Å². The normalized spacial score (nSPS) is 27.2. The van der Waals surface area contributed by atoms with Crippen LogP contribution in [0, 0.1) is 0 Å². The van der Waals surface area contributed by atoms with E-state index < -0.39 is 50.5 Å². The molecule has 0 unspecified atom stereocenters. The number of rotatable bonds is 5. The molecule has 2 heterocycles. The van der Waals surface area contributed by atoms with Gasteiger partial charge in [0.05, 0.1) is 12.5 Å². The third-order valence-corrected chi connectivity index (χ3v) is 6.32. The average molecular weight is 395 g/mol. The van der Waals surface area contributed by atoms with Crippen molar-refractivity contribution in [3.05, 3.63) is 35.9 Å². The van der Waals surface area contributed by atoms with E-state index in [2.05, 4.69) is 10.6 Å². The Balaban J connectivity index is 1.83. The van der Waals surface area contributed by atoms with Crippen LogP contribution in [0.5, 0.6) is 0 Å². The van der Waals surface area contributed by atoms with E-state index in [1.165, 1.54) is 0 Å². The van der Waals surface area contributed by atoms with Gasteiger partial charge in [-0.15, -0.1) is 0 Å². The van der Waals surface area contributed by atoms with E-state index in [1.807, 2.05) is 0 Å². The van der Waals surface area contributed by atoms with E-state index in [4.69, 9.17) is 0 Å². The summed E-state index contributed by atoms with van der Waals surface area (Å²) >= 11 is 0. The number of nitrogens with one attached hydrogen (secondary N) is 2. The molecule has 11 heteroatoms. The average Bonchev–Trinajstić information content (AvgIpc) is 2.59. The van der Waals surface area contributed by atoms with Crippen molar-refractivity contribution in [2.45, 2.75) is 23.4 Å². The number of fused-ring (bicyclic) bond motifs is 1. The topological polar surface area (TPSA) is 150 Å². The highest BCUT2D eigenvalue weighted by Gasteiger charge is 2.71. The quantitative estimate of drug-likeness (QED) is 0.381. The second kappa shape index (κ2) is 6.34. The van der Waals surface area contributed by atoms with Gasteiger partial charge in [0.15, 0.2) is 9.84 Å². The van der Waals surface area contributed by atoms with E-state index in [0.29, 0.717) is 16.7 Å². The van der Waals surface area contributed by atoms with Crippen molar-refractivity contribution < 1.29 is 32.7 Å². The van der Waals surface area contributed by atoms with E-state index in [-0.39, 0.29) is 13.0 Å². The van der Waals surface area contributed by atoms with E-state index in [0.717, 1.165) is 0 Å². The van der Waals surface area contributed by atoms with Gasteiger partial charge in [0.25, 0.3) is 5.91 Å². The lowest BCUT2D eigenvalue weighted by molar-refractivity contribution is -0.177. The monoisotopic (exact) mass is 395 g/mol. The summed E-state index contributed by atoms with van der Waals surface area (Å²) in [5.74, 6) is -4.66.